The minimum Gasteiger partial charge on any atom is -0.349 e. The summed E-state index contributed by atoms with van der Waals surface area (Å²) in [6.45, 7) is 7.30. The molecular formula is C31H26N2. The standard InChI is InChI=1S/C31H26N2/c1-4-33-27-11-6-5-10-26(27)30(2,3)31(33,20-32)19-18-21-12-13-24-15-14-22-8-7-9-23-16-17-25(21)29(24)28(22)23/h5-19H,4H2,1-3H3/b19-18+. The molecule has 5 aromatic rings. The highest BCUT2D eigenvalue weighted by Crippen LogP contribution is 2.52. The van der Waals surface area contributed by atoms with Gasteiger partial charge in [0.25, 0.3) is 0 Å². The lowest BCUT2D eigenvalue weighted by atomic mass is 9.70. The summed E-state index contributed by atoms with van der Waals surface area (Å²) < 4.78 is 0. The lowest BCUT2D eigenvalue weighted by molar-refractivity contribution is 0.401. The van der Waals surface area contributed by atoms with Crippen LogP contribution in [0.4, 0.5) is 5.69 Å². The van der Waals surface area contributed by atoms with Crippen molar-refractivity contribution in [1.29, 1.82) is 5.26 Å². The van der Waals surface area contributed by atoms with Crippen LogP contribution in [0.2, 0.25) is 0 Å². The van der Waals surface area contributed by atoms with E-state index in [4.69, 9.17) is 0 Å². The molecule has 6 rings (SSSR count). The highest BCUT2D eigenvalue weighted by Gasteiger charge is 2.55. The molecule has 0 N–H and O–H groups in total. The Balaban J connectivity index is 1.57. The van der Waals surface area contributed by atoms with Gasteiger partial charge in [0.1, 0.15) is 0 Å². The van der Waals surface area contributed by atoms with Gasteiger partial charge in [-0.15, -0.1) is 0 Å². The lowest BCUT2D eigenvalue weighted by Gasteiger charge is -2.40. The predicted octanol–water partition coefficient (Wildman–Crippen LogP) is 7.68. The molecule has 0 saturated heterocycles. The summed E-state index contributed by atoms with van der Waals surface area (Å²) in [6.07, 6.45) is 4.31. The van der Waals surface area contributed by atoms with Crippen molar-refractivity contribution in [2.45, 2.75) is 31.7 Å². The minimum absolute atomic E-state index is 0.339. The molecule has 1 aliphatic rings. The monoisotopic (exact) mass is 426 g/mol. The van der Waals surface area contributed by atoms with Crippen LogP contribution in [0.25, 0.3) is 38.4 Å². The van der Waals surface area contributed by atoms with E-state index in [1.807, 2.05) is 0 Å². The molecule has 0 radical (unpaired) electrons. The van der Waals surface area contributed by atoms with Crippen LogP contribution in [0, 0.1) is 11.3 Å². The maximum atomic E-state index is 10.6. The Labute approximate surface area is 194 Å². The molecule has 2 nitrogen and oxygen atoms in total. The van der Waals surface area contributed by atoms with Gasteiger partial charge in [0.15, 0.2) is 5.54 Å². The molecule has 1 atom stereocenters. The number of hydrogen-bond acceptors (Lipinski definition) is 2. The van der Waals surface area contributed by atoms with Crippen LogP contribution in [0.15, 0.2) is 84.9 Å². The molecule has 1 heterocycles. The highest BCUT2D eigenvalue weighted by molar-refractivity contribution is 6.24. The number of likely N-dealkylation sites (N-methyl/N-ethyl adjacent to an activating group) is 1. The molecule has 0 aromatic heterocycles. The summed E-state index contributed by atoms with van der Waals surface area (Å²) in [5, 5.41) is 18.2. The molecule has 0 bridgehead atoms. The largest absolute Gasteiger partial charge is 0.349 e. The van der Waals surface area contributed by atoms with Crippen molar-refractivity contribution < 1.29 is 0 Å². The van der Waals surface area contributed by atoms with Crippen LogP contribution < -0.4 is 4.90 Å². The van der Waals surface area contributed by atoms with E-state index in [0.717, 1.165) is 17.8 Å². The average Bonchev–Trinajstić information content (AvgIpc) is 3.04. The second kappa shape index (κ2) is 6.83. The number of nitrogens with zero attached hydrogens (tertiary/aromatic N) is 2. The summed E-state index contributed by atoms with van der Waals surface area (Å²) >= 11 is 0. The normalized spacial score (nSPS) is 19.6. The van der Waals surface area contributed by atoms with E-state index >= 15 is 0 Å². The van der Waals surface area contributed by atoms with Gasteiger partial charge in [0, 0.05) is 17.6 Å². The topological polar surface area (TPSA) is 27.0 Å². The van der Waals surface area contributed by atoms with Crippen LogP contribution in [0.3, 0.4) is 0 Å². The Kier molecular flexibility index (Phi) is 4.10. The van der Waals surface area contributed by atoms with E-state index in [0.29, 0.717) is 0 Å². The molecule has 0 amide bonds. The minimum atomic E-state index is -0.755. The van der Waals surface area contributed by atoms with E-state index in [1.54, 1.807) is 0 Å². The second-order valence-electron chi connectivity index (χ2n) is 9.61. The van der Waals surface area contributed by atoms with Crippen LogP contribution in [0.1, 0.15) is 31.9 Å². The van der Waals surface area contributed by atoms with Gasteiger partial charge in [-0.05, 0) is 62.5 Å². The summed E-state index contributed by atoms with van der Waals surface area (Å²) in [5.74, 6) is 0. The fraction of sp³-hybridized carbons (Fsp3) is 0.194. The van der Waals surface area contributed by atoms with Gasteiger partial charge in [0.2, 0.25) is 0 Å². The summed E-state index contributed by atoms with van der Waals surface area (Å²) in [4.78, 5) is 2.26. The van der Waals surface area contributed by atoms with E-state index in [9.17, 15) is 5.26 Å². The third-order valence-corrected chi connectivity index (χ3v) is 7.80. The highest BCUT2D eigenvalue weighted by atomic mass is 15.2. The number of para-hydroxylation sites is 1. The zero-order valence-electron chi connectivity index (χ0n) is 19.3. The number of rotatable bonds is 3. The lowest BCUT2D eigenvalue weighted by Crippen LogP contribution is -2.53. The van der Waals surface area contributed by atoms with Crippen LogP contribution in [0.5, 0.6) is 0 Å². The Hall–Kier alpha value is -3.83. The van der Waals surface area contributed by atoms with Crippen molar-refractivity contribution in [1.82, 2.24) is 0 Å². The molecule has 2 heteroatoms. The molecule has 0 aliphatic carbocycles. The van der Waals surface area contributed by atoms with E-state index < -0.39 is 5.54 Å². The number of hydrogen-bond donors (Lipinski definition) is 0. The third kappa shape index (κ3) is 2.48. The fourth-order valence-electron chi connectivity index (χ4n) is 6.04. The summed E-state index contributed by atoms with van der Waals surface area (Å²) in [6, 6.07) is 30.9. The van der Waals surface area contributed by atoms with Crippen molar-refractivity contribution in [3.8, 4) is 6.07 Å². The maximum Gasteiger partial charge on any atom is 0.156 e. The average molecular weight is 427 g/mol. The zero-order chi connectivity index (χ0) is 22.8. The second-order valence-corrected chi connectivity index (χ2v) is 9.61. The Morgan fingerprint density at radius 3 is 2.21 bits per heavy atom. The number of anilines is 1. The molecular weight excluding hydrogens is 400 g/mol. The SMILES string of the molecule is CCN1c2ccccc2C(C)(C)C1(C#N)/C=C/c1ccc2ccc3cccc4ccc1c2c34. The molecule has 160 valence electrons. The predicted molar refractivity (Wildman–Crippen MR) is 140 cm³/mol. The maximum absolute atomic E-state index is 10.6. The van der Waals surface area contributed by atoms with E-state index in [1.165, 1.54) is 37.9 Å². The Bertz CT molecular complexity index is 1590. The molecule has 0 spiro atoms. The van der Waals surface area contributed by atoms with Gasteiger partial charge in [-0.25, -0.2) is 0 Å². The summed E-state index contributed by atoms with van der Waals surface area (Å²) in [7, 11) is 0. The van der Waals surface area contributed by atoms with Crippen LogP contribution >= 0.6 is 0 Å². The molecule has 5 aromatic carbocycles. The van der Waals surface area contributed by atoms with Gasteiger partial charge >= 0.3 is 0 Å². The molecule has 0 saturated carbocycles. The van der Waals surface area contributed by atoms with Gasteiger partial charge in [-0.2, -0.15) is 5.26 Å². The Morgan fingerprint density at radius 2 is 1.48 bits per heavy atom. The van der Waals surface area contributed by atoms with Crippen molar-refractivity contribution >= 4 is 44.1 Å². The molecule has 1 aliphatic heterocycles. The Morgan fingerprint density at radius 1 is 0.818 bits per heavy atom. The third-order valence-electron chi connectivity index (χ3n) is 7.80. The first kappa shape index (κ1) is 19.8. The van der Waals surface area contributed by atoms with Gasteiger partial charge in [0.05, 0.1) is 6.07 Å². The number of nitriles is 1. The van der Waals surface area contributed by atoms with Gasteiger partial charge in [-0.1, -0.05) is 92.7 Å². The van der Waals surface area contributed by atoms with Crippen molar-refractivity contribution in [2.75, 3.05) is 11.4 Å². The first-order valence-corrected chi connectivity index (χ1v) is 11.7. The van der Waals surface area contributed by atoms with Gasteiger partial charge < -0.3 is 4.90 Å². The van der Waals surface area contributed by atoms with E-state index in [-0.39, 0.29) is 5.41 Å². The molecule has 1 unspecified atom stereocenters. The summed E-state index contributed by atoms with van der Waals surface area (Å²) in [5.41, 5.74) is 2.45. The first-order valence-electron chi connectivity index (χ1n) is 11.7. The zero-order valence-corrected chi connectivity index (χ0v) is 19.3. The number of fused-ring (bicyclic) bond motifs is 1. The van der Waals surface area contributed by atoms with Crippen molar-refractivity contribution in [3.63, 3.8) is 0 Å². The molecule has 0 fully saturated rings. The quantitative estimate of drug-likeness (QED) is 0.277. The first-order chi connectivity index (χ1) is 16.0. The fourth-order valence-corrected chi connectivity index (χ4v) is 6.04. The van der Waals surface area contributed by atoms with Crippen molar-refractivity contribution in [3.05, 3.63) is 96.1 Å². The van der Waals surface area contributed by atoms with E-state index in [2.05, 4.69) is 123 Å². The van der Waals surface area contributed by atoms with Gasteiger partial charge in [-0.3, -0.25) is 0 Å². The van der Waals surface area contributed by atoms with Crippen LogP contribution in [-0.4, -0.2) is 12.1 Å². The molecule has 33 heavy (non-hydrogen) atoms. The van der Waals surface area contributed by atoms with Crippen molar-refractivity contribution in [2.24, 2.45) is 0 Å². The smallest absolute Gasteiger partial charge is 0.156 e. The number of benzene rings is 5. The van der Waals surface area contributed by atoms with Crippen LogP contribution in [-0.2, 0) is 5.41 Å².